The van der Waals surface area contributed by atoms with E-state index in [-0.39, 0.29) is 12.3 Å². The first kappa shape index (κ1) is 18.1. The van der Waals surface area contributed by atoms with Crippen molar-refractivity contribution in [1.82, 2.24) is 10.3 Å². The largest absolute Gasteiger partial charge is 0.481 e. The molecule has 1 aromatic heterocycles. The molecule has 1 unspecified atom stereocenters. The van der Waals surface area contributed by atoms with Gasteiger partial charge in [0.1, 0.15) is 10.7 Å². The zero-order chi connectivity index (χ0) is 17.7. The van der Waals surface area contributed by atoms with Gasteiger partial charge in [-0.1, -0.05) is 19.1 Å². The van der Waals surface area contributed by atoms with Crippen molar-refractivity contribution in [2.24, 2.45) is 0 Å². The monoisotopic (exact) mass is 350 g/mol. The van der Waals surface area contributed by atoms with E-state index in [1.54, 1.807) is 6.92 Å². The molecular formula is C17H19FN2O3S. The Kier molecular flexibility index (Phi) is 6.03. The predicted octanol–water partition coefficient (Wildman–Crippen LogP) is 3.49. The molecule has 2 rings (SSSR count). The Morgan fingerprint density at radius 3 is 2.58 bits per heavy atom. The highest BCUT2D eigenvalue weighted by Crippen LogP contribution is 2.22. The molecule has 2 aromatic rings. The van der Waals surface area contributed by atoms with Crippen molar-refractivity contribution in [2.75, 3.05) is 0 Å². The lowest BCUT2D eigenvalue weighted by molar-refractivity contribution is -0.137. The molecule has 1 amide bonds. The number of carbonyl (C=O) groups excluding carboxylic acids is 1. The number of rotatable bonds is 7. The molecule has 24 heavy (non-hydrogen) atoms. The van der Waals surface area contributed by atoms with Gasteiger partial charge in [0.2, 0.25) is 0 Å². The lowest BCUT2D eigenvalue weighted by atomic mass is 10.0. The van der Waals surface area contributed by atoms with E-state index in [1.807, 2.05) is 6.92 Å². The number of halogens is 1. The van der Waals surface area contributed by atoms with E-state index >= 15 is 0 Å². The summed E-state index contributed by atoms with van der Waals surface area (Å²) in [5, 5.41) is 12.7. The maximum absolute atomic E-state index is 13.1. The van der Waals surface area contributed by atoms with Gasteiger partial charge in [0.25, 0.3) is 5.91 Å². The van der Waals surface area contributed by atoms with Crippen molar-refractivity contribution in [3.63, 3.8) is 0 Å². The maximum Gasteiger partial charge on any atom is 0.305 e. The van der Waals surface area contributed by atoms with E-state index in [9.17, 15) is 14.0 Å². The minimum absolute atomic E-state index is 0.281. The Hall–Kier alpha value is -2.28. The van der Waals surface area contributed by atoms with Crippen molar-refractivity contribution >= 4 is 23.2 Å². The average Bonchev–Trinajstić information content (AvgIpc) is 2.88. The molecule has 128 valence electrons. The summed E-state index contributed by atoms with van der Waals surface area (Å²) in [6.45, 7) is 3.79. The van der Waals surface area contributed by atoms with Crippen LogP contribution in [0.2, 0.25) is 0 Å². The van der Waals surface area contributed by atoms with E-state index in [2.05, 4.69) is 10.3 Å². The molecule has 5 nitrogen and oxygen atoms in total. The van der Waals surface area contributed by atoms with Crippen molar-refractivity contribution in [3.8, 4) is 0 Å². The van der Waals surface area contributed by atoms with Crippen LogP contribution in [0.5, 0.6) is 0 Å². The number of carbonyl (C=O) groups is 2. The number of aromatic nitrogens is 1. The third-order valence-electron chi connectivity index (χ3n) is 3.47. The molecule has 0 aliphatic rings. The van der Waals surface area contributed by atoms with E-state index in [1.165, 1.54) is 35.6 Å². The van der Waals surface area contributed by atoms with Crippen LogP contribution in [-0.2, 0) is 11.2 Å². The third-order valence-corrected chi connectivity index (χ3v) is 4.68. The maximum atomic E-state index is 13.1. The lowest BCUT2D eigenvalue weighted by Crippen LogP contribution is -2.30. The number of carboxylic acid groups (broad SMARTS) is 1. The van der Waals surface area contributed by atoms with Gasteiger partial charge in [-0.3, -0.25) is 9.59 Å². The van der Waals surface area contributed by atoms with Gasteiger partial charge >= 0.3 is 5.97 Å². The van der Waals surface area contributed by atoms with Crippen LogP contribution in [0, 0.1) is 12.7 Å². The van der Waals surface area contributed by atoms with Gasteiger partial charge in [0.05, 0.1) is 23.2 Å². The van der Waals surface area contributed by atoms with Gasteiger partial charge in [0.15, 0.2) is 0 Å². The number of hydrogen-bond acceptors (Lipinski definition) is 4. The zero-order valence-corrected chi connectivity index (χ0v) is 14.3. The van der Waals surface area contributed by atoms with Gasteiger partial charge in [-0.25, -0.2) is 9.37 Å². The minimum atomic E-state index is -1.04. The Balaban J connectivity index is 2.20. The molecule has 2 N–H and O–H groups in total. The summed E-state index contributed by atoms with van der Waals surface area (Å²) in [6, 6.07) is 4.71. The fraction of sp³-hybridized carbons (Fsp3) is 0.353. The summed E-state index contributed by atoms with van der Waals surface area (Å²) in [6.07, 6.45) is 1.46. The highest BCUT2D eigenvalue weighted by atomic mass is 32.1. The first-order chi connectivity index (χ1) is 11.4. The van der Waals surface area contributed by atoms with Crippen LogP contribution in [0.1, 0.15) is 51.7 Å². The number of hydrogen-bond donors (Lipinski definition) is 2. The number of nitrogens with one attached hydrogen (secondary N) is 1. The number of nitrogens with zero attached hydrogens (tertiary/aromatic N) is 1. The Morgan fingerprint density at radius 2 is 2.00 bits per heavy atom. The molecule has 1 atom stereocenters. The molecule has 0 saturated carbocycles. The molecule has 0 radical (unpaired) electrons. The van der Waals surface area contributed by atoms with E-state index in [0.29, 0.717) is 16.1 Å². The van der Waals surface area contributed by atoms with Crippen LogP contribution in [0.25, 0.3) is 0 Å². The standard InChI is InChI=1S/C17H19FN2O3S/c1-3-4-14-19-10(2)16(24-14)17(23)20-13(9-15(21)22)11-5-7-12(18)8-6-11/h5-8,13H,3-4,9H2,1-2H3,(H,20,23)(H,21,22). The summed E-state index contributed by atoms with van der Waals surface area (Å²) in [5.74, 6) is -1.82. The van der Waals surface area contributed by atoms with Gasteiger partial charge in [-0.15, -0.1) is 11.3 Å². The molecule has 0 aliphatic heterocycles. The Bertz CT molecular complexity index is 728. The molecule has 1 aromatic carbocycles. The van der Waals surface area contributed by atoms with Crippen molar-refractivity contribution in [3.05, 3.63) is 51.2 Å². The minimum Gasteiger partial charge on any atom is -0.481 e. The second-order valence-electron chi connectivity index (χ2n) is 5.45. The summed E-state index contributed by atoms with van der Waals surface area (Å²) in [5.41, 5.74) is 1.18. The van der Waals surface area contributed by atoms with Crippen LogP contribution < -0.4 is 5.32 Å². The van der Waals surface area contributed by atoms with Crippen molar-refractivity contribution < 1.29 is 19.1 Å². The fourth-order valence-electron chi connectivity index (χ4n) is 2.33. The molecule has 0 saturated heterocycles. The smallest absolute Gasteiger partial charge is 0.305 e. The van der Waals surface area contributed by atoms with Crippen LogP contribution in [0.4, 0.5) is 4.39 Å². The average molecular weight is 350 g/mol. The molecule has 0 fully saturated rings. The first-order valence-corrected chi connectivity index (χ1v) is 8.46. The highest BCUT2D eigenvalue weighted by molar-refractivity contribution is 7.13. The van der Waals surface area contributed by atoms with Crippen LogP contribution in [-0.4, -0.2) is 22.0 Å². The summed E-state index contributed by atoms with van der Waals surface area (Å²) in [7, 11) is 0. The number of benzene rings is 1. The normalized spacial score (nSPS) is 12.0. The predicted molar refractivity (Wildman–Crippen MR) is 89.7 cm³/mol. The first-order valence-electron chi connectivity index (χ1n) is 7.65. The number of aryl methyl sites for hydroxylation is 2. The van der Waals surface area contributed by atoms with E-state index in [4.69, 9.17) is 5.11 Å². The SMILES string of the molecule is CCCc1nc(C)c(C(=O)NC(CC(=O)O)c2ccc(F)cc2)s1. The summed E-state index contributed by atoms with van der Waals surface area (Å²) >= 11 is 1.32. The quantitative estimate of drug-likeness (QED) is 0.801. The number of carboxylic acids is 1. The lowest BCUT2D eigenvalue weighted by Gasteiger charge is -2.17. The third kappa shape index (κ3) is 4.61. The Labute approximate surface area is 143 Å². The van der Waals surface area contributed by atoms with Gasteiger partial charge in [-0.2, -0.15) is 0 Å². The van der Waals surface area contributed by atoms with E-state index in [0.717, 1.165) is 17.8 Å². The van der Waals surface area contributed by atoms with Gasteiger partial charge < -0.3 is 10.4 Å². The molecule has 7 heteroatoms. The summed E-state index contributed by atoms with van der Waals surface area (Å²) in [4.78, 5) is 28.4. The second kappa shape index (κ2) is 8.01. The van der Waals surface area contributed by atoms with E-state index < -0.39 is 17.8 Å². The Morgan fingerprint density at radius 1 is 1.33 bits per heavy atom. The van der Waals surface area contributed by atoms with Crippen molar-refractivity contribution in [2.45, 2.75) is 39.2 Å². The molecule has 0 bridgehead atoms. The number of aliphatic carboxylic acids is 1. The molecule has 0 spiro atoms. The van der Waals surface area contributed by atoms with Gasteiger partial charge in [0, 0.05) is 0 Å². The molecule has 1 heterocycles. The molecule has 0 aliphatic carbocycles. The van der Waals surface area contributed by atoms with Crippen LogP contribution in [0.3, 0.4) is 0 Å². The number of amides is 1. The molecular weight excluding hydrogens is 331 g/mol. The fourth-order valence-corrected chi connectivity index (χ4v) is 3.40. The summed E-state index contributed by atoms with van der Waals surface area (Å²) < 4.78 is 13.1. The van der Waals surface area contributed by atoms with Gasteiger partial charge in [-0.05, 0) is 37.5 Å². The van der Waals surface area contributed by atoms with Crippen LogP contribution >= 0.6 is 11.3 Å². The second-order valence-corrected chi connectivity index (χ2v) is 6.53. The zero-order valence-electron chi connectivity index (χ0n) is 13.5. The van der Waals surface area contributed by atoms with Crippen LogP contribution in [0.15, 0.2) is 24.3 Å². The highest BCUT2D eigenvalue weighted by Gasteiger charge is 2.22. The van der Waals surface area contributed by atoms with Crippen molar-refractivity contribution in [1.29, 1.82) is 0 Å². The topological polar surface area (TPSA) is 79.3 Å². The number of thiazole rings is 1.